The Balaban J connectivity index is 1.74. The highest BCUT2D eigenvalue weighted by molar-refractivity contribution is 7.89. The molecule has 0 saturated heterocycles. The summed E-state index contributed by atoms with van der Waals surface area (Å²) in [6.45, 7) is 3.40. The Morgan fingerprint density at radius 1 is 1.04 bits per heavy atom. The first-order valence-electron chi connectivity index (χ1n) is 7.49. The first-order chi connectivity index (χ1) is 11.0. The summed E-state index contributed by atoms with van der Waals surface area (Å²) in [5.74, 6) is 0. The molecular formula is C17H20N2O3S. The Labute approximate surface area is 136 Å². The smallest absolute Gasteiger partial charge is 0.240 e. The molecule has 5 nitrogen and oxygen atoms in total. The fourth-order valence-corrected chi connectivity index (χ4v) is 3.38. The predicted octanol–water partition coefficient (Wildman–Crippen LogP) is 2.80. The summed E-state index contributed by atoms with van der Waals surface area (Å²) in [6, 6.07) is 13.2. The summed E-state index contributed by atoms with van der Waals surface area (Å²) in [4.78, 5) is 0.269. The molecule has 0 radical (unpaired) electrons. The summed E-state index contributed by atoms with van der Waals surface area (Å²) in [5.41, 5.74) is 4.52. The van der Waals surface area contributed by atoms with Crippen LogP contribution in [0.1, 0.15) is 29.7 Å². The van der Waals surface area contributed by atoms with E-state index in [4.69, 9.17) is 4.74 Å². The van der Waals surface area contributed by atoms with Gasteiger partial charge in [0.1, 0.15) is 0 Å². The summed E-state index contributed by atoms with van der Waals surface area (Å²) >= 11 is 0. The molecule has 0 bridgehead atoms. The number of ether oxygens (including phenoxy) is 1. The van der Waals surface area contributed by atoms with Crippen molar-refractivity contribution in [2.45, 2.75) is 31.1 Å². The van der Waals surface area contributed by atoms with Crippen molar-refractivity contribution in [1.29, 1.82) is 0 Å². The van der Waals surface area contributed by atoms with E-state index < -0.39 is 10.0 Å². The van der Waals surface area contributed by atoms with E-state index in [-0.39, 0.29) is 10.9 Å². The number of nitrogens with one attached hydrogen (secondary N) is 2. The average molecular weight is 332 g/mol. The van der Waals surface area contributed by atoms with Crippen LogP contribution < -0.4 is 10.0 Å². The molecule has 0 spiro atoms. The third-order valence-corrected chi connectivity index (χ3v) is 5.49. The highest BCUT2D eigenvalue weighted by atomic mass is 32.2. The van der Waals surface area contributed by atoms with E-state index in [1.54, 1.807) is 12.1 Å². The van der Waals surface area contributed by atoms with E-state index in [1.807, 2.05) is 25.1 Å². The third kappa shape index (κ3) is 3.39. The van der Waals surface area contributed by atoms with Gasteiger partial charge in [0, 0.05) is 11.7 Å². The minimum atomic E-state index is -3.39. The van der Waals surface area contributed by atoms with Crippen LogP contribution in [0.25, 0.3) is 0 Å². The van der Waals surface area contributed by atoms with E-state index in [9.17, 15) is 8.42 Å². The first kappa shape index (κ1) is 16.0. The molecule has 2 aromatic carbocycles. The van der Waals surface area contributed by atoms with Gasteiger partial charge in [0.25, 0.3) is 0 Å². The lowest BCUT2D eigenvalue weighted by molar-refractivity contribution is 0.134. The Morgan fingerprint density at radius 2 is 1.74 bits per heavy atom. The third-order valence-electron chi connectivity index (χ3n) is 4.06. The Hall–Kier alpha value is -1.89. The molecule has 1 aliphatic rings. The van der Waals surface area contributed by atoms with Crippen molar-refractivity contribution in [3.63, 3.8) is 0 Å². The summed E-state index contributed by atoms with van der Waals surface area (Å²) < 4.78 is 31.2. The minimum Gasteiger partial charge on any atom is -0.379 e. The zero-order chi connectivity index (χ0) is 16.4. The van der Waals surface area contributed by atoms with Gasteiger partial charge in [-0.2, -0.15) is 0 Å². The first-order valence-corrected chi connectivity index (χ1v) is 8.97. The molecule has 0 aromatic heterocycles. The molecule has 6 heteroatoms. The lowest BCUT2D eigenvalue weighted by Crippen LogP contribution is -2.18. The Morgan fingerprint density at radius 3 is 2.43 bits per heavy atom. The maximum absolute atomic E-state index is 11.7. The highest BCUT2D eigenvalue weighted by Gasteiger charge is 2.14. The Kier molecular flexibility index (Phi) is 4.39. The molecule has 1 aliphatic heterocycles. The van der Waals surface area contributed by atoms with E-state index in [1.165, 1.54) is 18.2 Å². The van der Waals surface area contributed by atoms with Gasteiger partial charge in [-0.3, -0.25) is 0 Å². The van der Waals surface area contributed by atoms with Crippen LogP contribution in [0.5, 0.6) is 0 Å². The standard InChI is InChI=1S/C17H20N2O3S/c1-12(13-4-7-17(8-5-13)23(20,21)18-2)19-16-6-3-14-10-22-11-15(14)9-16/h3-9,12,18-19H,10-11H2,1-2H3/t12-/m0/s1. The highest BCUT2D eigenvalue weighted by Crippen LogP contribution is 2.26. The fraction of sp³-hybridized carbons (Fsp3) is 0.294. The fourth-order valence-electron chi connectivity index (χ4n) is 2.65. The van der Waals surface area contributed by atoms with Gasteiger partial charge in [-0.1, -0.05) is 18.2 Å². The molecule has 3 rings (SSSR count). The van der Waals surface area contributed by atoms with E-state index in [0.717, 1.165) is 11.3 Å². The predicted molar refractivity (Wildman–Crippen MR) is 89.7 cm³/mol. The molecule has 1 heterocycles. The van der Waals surface area contributed by atoms with Crippen molar-refractivity contribution in [3.05, 3.63) is 59.2 Å². The quantitative estimate of drug-likeness (QED) is 0.883. The molecule has 2 aromatic rings. The van der Waals surface area contributed by atoms with Crippen molar-refractivity contribution in [3.8, 4) is 0 Å². The van der Waals surface area contributed by atoms with Crippen LogP contribution in [0.2, 0.25) is 0 Å². The second-order valence-corrected chi connectivity index (χ2v) is 7.51. The molecule has 0 aliphatic carbocycles. The molecular weight excluding hydrogens is 312 g/mol. The van der Waals surface area contributed by atoms with Crippen LogP contribution in [0.15, 0.2) is 47.4 Å². The topological polar surface area (TPSA) is 67.4 Å². The van der Waals surface area contributed by atoms with Crippen LogP contribution >= 0.6 is 0 Å². The summed E-state index contributed by atoms with van der Waals surface area (Å²) in [5, 5.41) is 3.44. The van der Waals surface area contributed by atoms with Crippen LogP contribution in [-0.4, -0.2) is 15.5 Å². The number of sulfonamides is 1. The van der Waals surface area contributed by atoms with Gasteiger partial charge >= 0.3 is 0 Å². The molecule has 0 fully saturated rings. The molecule has 0 amide bonds. The number of anilines is 1. The largest absolute Gasteiger partial charge is 0.379 e. The molecule has 0 unspecified atom stereocenters. The second kappa shape index (κ2) is 6.31. The zero-order valence-electron chi connectivity index (χ0n) is 13.2. The van der Waals surface area contributed by atoms with Crippen LogP contribution in [0.4, 0.5) is 5.69 Å². The van der Waals surface area contributed by atoms with E-state index >= 15 is 0 Å². The van der Waals surface area contributed by atoms with Gasteiger partial charge in [-0.15, -0.1) is 0 Å². The second-order valence-electron chi connectivity index (χ2n) is 5.62. The number of fused-ring (bicyclic) bond motifs is 1. The SMILES string of the molecule is CNS(=O)(=O)c1ccc([C@H](C)Nc2ccc3c(c2)COC3)cc1. The lowest BCUT2D eigenvalue weighted by atomic mass is 10.1. The molecule has 0 saturated carbocycles. The minimum absolute atomic E-state index is 0.0710. The van der Waals surface area contributed by atoms with Crippen LogP contribution in [-0.2, 0) is 28.0 Å². The van der Waals surface area contributed by atoms with Crippen molar-refractivity contribution in [1.82, 2.24) is 4.72 Å². The maximum atomic E-state index is 11.7. The average Bonchev–Trinajstić information content (AvgIpc) is 3.02. The maximum Gasteiger partial charge on any atom is 0.240 e. The normalized spacial score (nSPS) is 15.2. The van der Waals surface area contributed by atoms with Crippen molar-refractivity contribution in [2.24, 2.45) is 0 Å². The van der Waals surface area contributed by atoms with Crippen molar-refractivity contribution < 1.29 is 13.2 Å². The number of benzene rings is 2. The summed E-state index contributed by atoms with van der Waals surface area (Å²) in [6.07, 6.45) is 0. The lowest BCUT2D eigenvalue weighted by Gasteiger charge is -2.17. The molecule has 1 atom stereocenters. The van der Waals surface area contributed by atoms with E-state index in [0.29, 0.717) is 13.2 Å². The zero-order valence-corrected chi connectivity index (χ0v) is 14.0. The Bertz CT molecular complexity index is 801. The van der Waals surface area contributed by atoms with Crippen LogP contribution in [0, 0.1) is 0 Å². The summed E-state index contributed by atoms with van der Waals surface area (Å²) in [7, 11) is -1.98. The molecule has 122 valence electrons. The van der Waals surface area contributed by atoms with Gasteiger partial charge in [0.15, 0.2) is 0 Å². The van der Waals surface area contributed by atoms with Gasteiger partial charge < -0.3 is 10.1 Å². The van der Waals surface area contributed by atoms with Gasteiger partial charge in [-0.05, 0) is 54.9 Å². The van der Waals surface area contributed by atoms with Crippen LogP contribution in [0.3, 0.4) is 0 Å². The number of hydrogen-bond donors (Lipinski definition) is 2. The molecule has 2 N–H and O–H groups in total. The monoisotopic (exact) mass is 332 g/mol. The number of rotatable bonds is 5. The van der Waals surface area contributed by atoms with Crippen molar-refractivity contribution in [2.75, 3.05) is 12.4 Å². The molecule has 23 heavy (non-hydrogen) atoms. The van der Waals surface area contributed by atoms with Gasteiger partial charge in [0.05, 0.1) is 18.1 Å². The number of hydrogen-bond acceptors (Lipinski definition) is 4. The van der Waals surface area contributed by atoms with Gasteiger partial charge in [0.2, 0.25) is 10.0 Å². The van der Waals surface area contributed by atoms with Crippen molar-refractivity contribution >= 4 is 15.7 Å². The van der Waals surface area contributed by atoms with E-state index in [2.05, 4.69) is 22.2 Å². The van der Waals surface area contributed by atoms with Gasteiger partial charge in [-0.25, -0.2) is 13.1 Å².